The Labute approximate surface area is 195 Å². The van der Waals surface area contributed by atoms with E-state index in [1.807, 2.05) is 43.3 Å². The summed E-state index contributed by atoms with van der Waals surface area (Å²) in [6, 6.07) is 14.9. The Balaban J connectivity index is 0.00000450. The molecule has 0 aliphatic rings. The average molecular weight is 526 g/mol. The number of hydrogen-bond donors (Lipinski definition) is 4. The zero-order valence-corrected chi connectivity index (χ0v) is 20.0. The summed E-state index contributed by atoms with van der Waals surface area (Å²) >= 11 is 0. The van der Waals surface area contributed by atoms with Crippen LogP contribution in [-0.2, 0) is 6.42 Å². The number of rotatable bonds is 9. The first-order chi connectivity index (χ1) is 14.1. The molecule has 7 nitrogen and oxygen atoms in total. The summed E-state index contributed by atoms with van der Waals surface area (Å²) in [6.45, 7) is 3.59. The lowest BCUT2D eigenvalue weighted by atomic mass is 10.1. The number of hydrogen-bond acceptors (Lipinski definition) is 4. The van der Waals surface area contributed by atoms with Crippen molar-refractivity contribution in [2.75, 3.05) is 33.8 Å². The van der Waals surface area contributed by atoms with Crippen molar-refractivity contribution in [3.63, 3.8) is 0 Å². The standard InChI is InChI=1S/C22H30N4O3.HI/c1-4-24-22(26-15-20(27)17-8-6-10-19(14-17)29-3)25-12-11-16-7-5-9-18(13-16)21(28)23-2;/h5-10,13-14,20,27H,4,11-12,15H2,1-3H3,(H,23,28)(H2,24,25,26);1H. The lowest BCUT2D eigenvalue weighted by molar-refractivity contribution is 0.0963. The fraction of sp³-hybridized carbons (Fsp3) is 0.364. The molecule has 0 heterocycles. The van der Waals surface area contributed by atoms with Gasteiger partial charge in [-0.2, -0.15) is 0 Å². The van der Waals surface area contributed by atoms with Crippen LogP contribution in [0.2, 0.25) is 0 Å². The van der Waals surface area contributed by atoms with E-state index < -0.39 is 6.10 Å². The van der Waals surface area contributed by atoms with Crippen LogP contribution in [0.15, 0.2) is 53.5 Å². The normalized spacial score (nSPS) is 11.8. The van der Waals surface area contributed by atoms with Crippen LogP contribution in [0, 0.1) is 0 Å². The molecule has 0 aromatic heterocycles. The number of amides is 1. The fourth-order valence-corrected chi connectivity index (χ4v) is 2.81. The summed E-state index contributed by atoms with van der Waals surface area (Å²) in [5, 5.41) is 19.5. The van der Waals surface area contributed by atoms with Crippen molar-refractivity contribution in [3.8, 4) is 5.75 Å². The van der Waals surface area contributed by atoms with Gasteiger partial charge in [-0.25, -0.2) is 0 Å². The van der Waals surface area contributed by atoms with E-state index in [9.17, 15) is 9.90 Å². The number of ether oxygens (including phenoxy) is 1. The second-order valence-electron chi connectivity index (χ2n) is 6.47. The minimum Gasteiger partial charge on any atom is -0.497 e. The maximum Gasteiger partial charge on any atom is 0.251 e. The summed E-state index contributed by atoms with van der Waals surface area (Å²) in [7, 11) is 3.22. The second kappa shape index (κ2) is 13.8. The topological polar surface area (TPSA) is 95.0 Å². The maximum absolute atomic E-state index is 11.8. The van der Waals surface area contributed by atoms with Crippen molar-refractivity contribution in [1.82, 2.24) is 16.0 Å². The highest BCUT2D eigenvalue weighted by Gasteiger charge is 2.09. The van der Waals surface area contributed by atoms with Crippen LogP contribution in [0.3, 0.4) is 0 Å². The molecule has 2 aromatic carbocycles. The van der Waals surface area contributed by atoms with Crippen LogP contribution >= 0.6 is 24.0 Å². The molecular weight excluding hydrogens is 495 g/mol. The van der Waals surface area contributed by atoms with Gasteiger partial charge in [-0.3, -0.25) is 9.79 Å². The van der Waals surface area contributed by atoms with E-state index in [-0.39, 0.29) is 36.4 Å². The molecule has 164 valence electrons. The number of nitrogens with one attached hydrogen (secondary N) is 3. The minimum absolute atomic E-state index is 0. The lowest BCUT2D eigenvalue weighted by Gasteiger charge is -2.14. The van der Waals surface area contributed by atoms with E-state index in [1.54, 1.807) is 26.3 Å². The van der Waals surface area contributed by atoms with Crippen molar-refractivity contribution >= 4 is 35.8 Å². The van der Waals surface area contributed by atoms with E-state index in [1.165, 1.54) is 0 Å². The smallest absolute Gasteiger partial charge is 0.251 e. The highest BCUT2D eigenvalue weighted by molar-refractivity contribution is 14.0. The molecular formula is C22H31IN4O3. The Morgan fingerprint density at radius 2 is 1.93 bits per heavy atom. The number of carbonyl (C=O) groups is 1. The lowest BCUT2D eigenvalue weighted by Crippen LogP contribution is -2.38. The maximum atomic E-state index is 11.8. The van der Waals surface area contributed by atoms with Crippen LogP contribution in [0.4, 0.5) is 0 Å². The first-order valence-electron chi connectivity index (χ1n) is 9.72. The number of aliphatic imine (C=N–C) groups is 1. The van der Waals surface area contributed by atoms with Crippen LogP contribution in [0.1, 0.15) is 34.5 Å². The van der Waals surface area contributed by atoms with Gasteiger partial charge in [0.1, 0.15) is 5.75 Å². The number of halogens is 1. The molecule has 0 radical (unpaired) electrons. The summed E-state index contributed by atoms with van der Waals surface area (Å²) in [5.74, 6) is 1.24. The van der Waals surface area contributed by atoms with Crippen molar-refractivity contribution in [1.29, 1.82) is 0 Å². The Hall–Kier alpha value is -2.33. The minimum atomic E-state index is -0.718. The van der Waals surface area contributed by atoms with Crippen LogP contribution in [0.25, 0.3) is 0 Å². The second-order valence-corrected chi connectivity index (χ2v) is 6.47. The third-order valence-electron chi connectivity index (χ3n) is 4.37. The monoisotopic (exact) mass is 526 g/mol. The molecule has 0 saturated carbocycles. The third-order valence-corrected chi connectivity index (χ3v) is 4.37. The van der Waals surface area contributed by atoms with Gasteiger partial charge >= 0.3 is 0 Å². The molecule has 0 aliphatic carbocycles. The predicted octanol–water partition coefficient (Wildman–Crippen LogP) is 2.50. The summed E-state index contributed by atoms with van der Waals surface area (Å²) < 4.78 is 5.20. The van der Waals surface area contributed by atoms with Gasteiger partial charge in [0.2, 0.25) is 0 Å². The molecule has 4 N–H and O–H groups in total. The van der Waals surface area contributed by atoms with E-state index >= 15 is 0 Å². The molecule has 8 heteroatoms. The SMILES string of the molecule is CCNC(=NCC(O)c1cccc(OC)c1)NCCc1cccc(C(=O)NC)c1.I. The molecule has 0 fully saturated rings. The van der Waals surface area contributed by atoms with Gasteiger partial charge in [0.05, 0.1) is 19.8 Å². The zero-order valence-electron chi connectivity index (χ0n) is 17.6. The first-order valence-corrected chi connectivity index (χ1v) is 9.72. The molecule has 0 aliphatic heterocycles. The fourth-order valence-electron chi connectivity index (χ4n) is 2.81. The van der Waals surface area contributed by atoms with E-state index in [0.29, 0.717) is 30.4 Å². The Kier molecular flexibility index (Phi) is 11.8. The molecule has 2 rings (SSSR count). The Morgan fingerprint density at radius 1 is 1.17 bits per heavy atom. The zero-order chi connectivity index (χ0) is 21.1. The van der Waals surface area contributed by atoms with Crippen molar-refractivity contribution < 1.29 is 14.6 Å². The average Bonchev–Trinajstić information content (AvgIpc) is 2.76. The molecule has 0 spiro atoms. The summed E-state index contributed by atoms with van der Waals surface area (Å²) in [4.78, 5) is 16.2. The molecule has 30 heavy (non-hydrogen) atoms. The third kappa shape index (κ3) is 8.19. The number of aliphatic hydroxyl groups excluding tert-OH is 1. The van der Waals surface area contributed by atoms with Gasteiger partial charge in [0, 0.05) is 25.7 Å². The summed E-state index contributed by atoms with van der Waals surface area (Å²) in [5.41, 5.74) is 2.47. The van der Waals surface area contributed by atoms with Gasteiger partial charge in [0.15, 0.2) is 5.96 Å². The van der Waals surface area contributed by atoms with Gasteiger partial charge in [0.25, 0.3) is 5.91 Å². The van der Waals surface area contributed by atoms with Crippen molar-refractivity contribution in [2.24, 2.45) is 4.99 Å². The largest absolute Gasteiger partial charge is 0.497 e. The van der Waals surface area contributed by atoms with Gasteiger partial charge < -0.3 is 25.8 Å². The van der Waals surface area contributed by atoms with Gasteiger partial charge in [-0.15, -0.1) is 24.0 Å². The number of carbonyl (C=O) groups excluding carboxylic acids is 1. The Morgan fingerprint density at radius 3 is 2.63 bits per heavy atom. The molecule has 0 bridgehead atoms. The number of guanidine groups is 1. The van der Waals surface area contributed by atoms with Gasteiger partial charge in [-0.1, -0.05) is 24.3 Å². The van der Waals surface area contributed by atoms with E-state index in [0.717, 1.165) is 17.5 Å². The molecule has 0 saturated heterocycles. The van der Waals surface area contributed by atoms with Crippen molar-refractivity contribution in [2.45, 2.75) is 19.4 Å². The van der Waals surface area contributed by atoms with Crippen molar-refractivity contribution in [3.05, 3.63) is 65.2 Å². The first kappa shape index (κ1) is 25.7. The molecule has 1 amide bonds. The summed E-state index contributed by atoms with van der Waals surface area (Å²) in [6.07, 6.45) is 0.0260. The number of aliphatic hydroxyl groups is 1. The van der Waals surface area contributed by atoms with E-state index in [2.05, 4.69) is 20.9 Å². The number of benzene rings is 2. The Bertz CT molecular complexity index is 830. The highest BCUT2D eigenvalue weighted by atomic mass is 127. The highest BCUT2D eigenvalue weighted by Crippen LogP contribution is 2.19. The molecule has 1 unspecified atom stereocenters. The molecule has 1 atom stereocenters. The predicted molar refractivity (Wildman–Crippen MR) is 131 cm³/mol. The molecule has 2 aromatic rings. The van der Waals surface area contributed by atoms with Gasteiger partial charge in [-0.05, 0) is 48.7 Å². The van der Waals surface area contributed by atoms with Crippen LogP contribution in [0.5, 0.6) is 5.75 Å². The number of methoxy groups -OCH3 is 1. The van der Waals surface area contributed by atoms with Crippen LogP contribution in [-0.4, -0.2) is 50.8 Å². The number of nitrogens with zero attached hydrogens (tertiary/aromatic N) is 1. The quantitative estimate of drug-likeness (QED) is 0.229. The van der Waals surface area contributed by atoms with Crippen LogP contribution < -0.4 is 20.7 Å². The van der Waals surface area contributed by atoms with E-state index in [4.69, 9.17) is 4.74 Å².